The summed E-state index contributed by atoms with van der Waals surface area (Å²) in [6, 6.07) is 0.230. The van der Waals surface area contributed by atoms with Crippen molar-refractivity contribution in [1.82, 2.24) is 36.6 Å². The molecule has 0 aromatic rings. The number of nitrogens with zero attached hydrogens (tertiary/aromatic N) is 2. The van der Waals surface area contributed by atoms with Gasteiger partial charge >= 0.3 is 0 Å². The van der Waals surface area contributed by atoms with Crippen molar-refractivity contribution in [3.63, 3.8) is 0 Å². The first-order valence-electron chi connectivity index (χ1n) is 14.0. The van der Waals surface area contributed by atoms with Crippen molar-refractivity contribution in [3.8, 4) is 0 Å². The molecule has 216 valence electrons. The number of hydrazine groups is 1. The molecule has 0 aromatic heterocycles. The molecule has 10 nitrogen and oxygen atoms in total. The molecule has 13 heteroatoms. The van der Waals surface area contributed by atoms with E-state index < -0.39 is 6.04 Å². The van der Waals surface area contributed by atoms with Crippen LogP contribution in [-0.2, 0) is 14.3 Å². The summed E-state index contributed by atoms with van der Waals surface area (Å²) in [5.74, 6) is 0.414. The van der Waals surface area contributed by atoms with Crippen LogP contribution >= 0.6 is 35.0 Å². The van der Waals surface area contributed by atoms with Crippen LogP contribution in [0.15, 0.2) is 0 Å². The molecule has 0 bridgehead atoms. The third-order valence-corrected chi connectivity index (χ3v) is 11.5. The number of carbonyl (C=O) groups excluding carboxylic acids is 2. The summed E-state index contributed by atoms with van der Waals surface area (Å²) < 4.78 is 5.81. The Morgan fingerprint density at radius 1 is 1.13 bits per heavy atom. The van der Waals surface area contributed by atoms with E-state index in [1.165, 1.54) is 0 Å². The molecule has 5 saturated heterocycles. The summed E-state index contributed by atoms with van der Waals surface area (Å²) >= 11 is 14.8. The number of piperidine rings is 2. The minimum atomic E-state index is -0.400. The molecular weight excluding hydrogens is 549 g/mol. The van der Waals surface area contributed by atoms with Crippen LogP contribution in [0.3, 0.4) is 0 Å². The third-order valence-electron chi connectivity index (χ3n) is 9.25. The summed E-state index contributed by atoms with van der Waals surface area (Å²) in [6.07, 6.45) is 2.65. The molecule has 0 saturated carbocycles. The molecule has 12 atom stereocenters. The molecule has 2 amide bonds. The molecular formula is C25H43Cl2N7O3S. The SMILES string of the molecule is CCC1C(Cl)C(C(=O)N2CC3NC(NC(=O)C4CNC(C)CC4C4CC(Cl)NCC4OC)SC3C2)NN1C. The predicted molar refractivity (Wildman–Crippen MR) is 151 cm³/mol. The number of hydrogen-bond donors (Lipinski definition) is 5. The Labute approximate surface area is 240 Å². The zero-order chi connectivity index (χ0) is 27.1. The monoisotopic (exact) mass is 591 g/mol. The lowest BCUT2D eigenvalue weighted by Gasteiger charge is -2.45. The highest BCUT2D eigenvalue weighted by Gasteiger charge is 2.49. The first kappa shape index (κ1) is 29.1. The zero-order valence-electron chi connectivity index (χ0n) is 22.7. The van der Waals surface area contributed by atoms with Gasteiger partial charge in [-0.05, 0) is 38.0 Å². The second-order valence-corrected chi connectivity index (χ2v) is 14.0. The van der Waals surface area contributed by atoms with E-state index in [-0.39, 0.29) is 69.4 Å². The van der Waals surface area contributed by atoms with Crippen LogP contribution in [0.25, 0.3) is 0 Å². The van der Waals surface area contributed by atoms with Crippen LogP contribution < -0.4 is 26.7 Å². The van der Waals surface area contributed by atoms with E-state index in [1.807, 2.05) is 17.0 Å². The highest BCUT2D eigenvalue weighted by Crippen LogP contribution is 2.39. The van der Waals surface area contributed by atoms with Crippen molar-refractivity contribution in [3.05, 3.63) is 0 Å². The zero-order valence-corrected chi connectivity index (χ0v) is 25.0. The first-order chi connectivity index (χ1) is 18.2. The average molecular weight is 593 g/mol. The van der Waals surface area contributed by atoms with Gasteiger partial charge in [-0.1, -0.05) is 6.92 Å². The highest BCUT2D eigenvalue weighted by atomic mass is 35.5. The normalized spacial score (nSPS) is 45.8. The molecule has 5 aliphatic heterocycles. The van der Waals surface area contributed by atoms with Crippen molar-refractivity contribution in [2.45, 2.75) is 85.0 Å². The molecule has 5 rings (SSSR count). The molecule has 12 unspecified atom stereocenters. The smallest absolute Gasteiger partial charge is 0.242 e. The van der Waals surface area contributed by atoms with Gasteiger partial charge in [-0.15, -0.1) is 35.0 Å². The van der Waals surface area contributed by atoms with Crippen LogP contribution in [0.5, 0.6) is 0 Å². The van der Waals surface area contributed by atoms with Gasteiger partial charge in [0.05, 0.1) is 22.9 Å². The first-order valence-corrected chi connectivity index (χ1v) is 15.8. The van der Waals surface area contributed by atoms with Crippen LogP contribution in [0.2, 0.25) is 0 Å². The molecule has 38 heavy (non-hydrogen) atoms. The number of methoxy groups -OCH3 is 1. The molecule has 5 heterocycles. The van der Waals surface area contributed by atoms with Crippen LogP contribution in [-0.4, -0.2) is 114 Å². The lowest BCUT2D eigenvalue weighted by Crippen LogP contribution is -2.57. The van der Waals surface area contributed by atoms with Crippen molar-refractivity contribution < 1.29 is 14.3 Å². The van der Waals surface area contributed by atoms with Crippen LogP contribution in [0.4, 0.5) is 0 Å². The maximum absolute atomic E-state index is 13.6. The van der Waals surface area contributed by atoms with Gasteiger partial charge in [0.25, 0.3) is 0 Å². The fourth-order valence-corrected chi connectivity index (χ4v) is 9.37. The Balaban J connectivity index is 1.16. The number of hydrogen-bond acceptors (Lipinski definition) is 9. The maximum atomic E-state index is 13.6. The van der Waals surface area contributed by atoms with Gasteiger partial charge in [-0.3, -0.25) is 20.2 Å². The van der Waals surface area contributed by atoms with Gasteiger partial charge in [0.15, 0.2) is 0 Å². The van der Waals surface area contributed by atoms with Gasteiger partial charge in [0.1, 0.15) is 11.5 Å². The minimum absolute atomic E-state index is 0.0480. The summed E-state index contributed by atoms with van der Waals surface area (Å²) in [6.45, 7) is 6.90. The number of fused-ring (bicyclic) bond motifs is 1. The van der Waals surface area contributed by atoms with E-state index in [4.69, 9.17) is 27.9 Å². The summed E-state index contributed by atoms with van der Waals surface area (Å²) in [7, 11) is 3.69. The number of halogens is 2. The number of amides is 2. The lowest BCUT2D eigenvalue weighted by atomic mass is 9.70. The van der Waals surface area contributed by atoms with Gasteiger partial charge in [0.2, 0.25) is 11.8 Å². The van der Waals surface area contributed by atoms with E-state index >= 15 is 0 Å². The third kappa shape index (κ3) is 5.83. The quantitative estimate of drug-likeness (QED) is 0.220. The Hall–Kier alpha value is -0.370. The van der Waals surface area contributed by atoms with E-state index in [1.54, 1.807) is 18.9 Å². The fraction of sp³-hybridized carbons (Fsp3) is 0.920. The average Bonchev–Trinajstić information content (AvgIpc) is 3.54. The van der Waals surface area contributed by atoms with Crippen molar-refractivity contribution >= 4 is 46.8 Å². The maximum Gasteiger partial charge on any atom is 0.242 e. The van der Waals surface area contributed by atoms with Crippen molar-refractivity contribution in [1.29, 1.82) is 0 Å². The molecule has 0 radical (unpaired) electrons. The van der Waals surface area contributed by atoms with E-state index in [2.05, 4.69) is 40.5 Å². The van der Waals surface area contributed by atoms with Gasteiger partial charge in [0, 0.05) is 63.7 Å². The van der Waals surface area contributed by atoms with Gasteiger partial charge < -0.3 is 20.3 Å². The number of nitrogens with one attached hydrogen (secondary N) is 5. The predicted octanol–water partition coefficient (Wildman–Crippen LogP) is 0.310. The Morgan fingerprint density at radius 3 is 2.61 bits per heavy atom. The fourth-order valence-electron chi connectivity index (χ4n) is 7.16. The Kier molecular flexibility index (Phi) is 9.39. The van der Waals surface area contributed by atoms with E-state index in [9.17, 15) is 9.59 Å². The largest absolute Gasteiger partial charge is 0.380 e. The molecule has 0 spiro atoms. The van der Waals surface area contributed by atoms with Crippen molar-refractivity contribution in [2.75, 3.05) is 40.3 Å². The summed E-state index contributed by atoms with van der Waals surface area (Å²) in [5.41, 5.74) is 3.00. The second-order valence-electron chi connectivity index (χ2n) is 11.6. The summed E-state index contributed by atoms with van der Waals surface area (Å²) in [4.78, 5) is 28.8. The number of thioether (sulfide) groups is 1. The molecule has 5 aliphatic rings. The van der Waals surface area contributed by atoms with Gasteiger partial charge in [-0.2, -0.15) is 0 Å². The summed E-state index contributed by atoms with van der Waals surface area (Å²) in [5, 5.41) is 15.6. The number of likely N-dealkylation sites (tertiary alicyclic amines) is 1. The minimum Gasteiger partial charge on any atom is -0.380 e. The van der Waals surface area contributed by atoms with Crippen LogP contribution in [0, 0.1) is 17.8 Å². The number of carbonyl (C=O) groups is 2. The Morgan fingerprint density at radius 2 is 1.92 bits per heavy atom. The Bertz CT molecular complexity index is 863. The topological polar surface area (TPSA) is 110 Å². The highest BCUT2D eigenvalue weighted by molar-refractivity contribution is 8.00. The molecule has 5 fully saturated rings. The van der Waals surface area contributed by atoms with E-state index in [0.717, 1.165) is 19.3 Å². The molecule has 0 aliphatic carbocycles. The van der Waals surface area contributed by atoms with Crippen molar-refractivity contribution in [2.24, 2.45) is 17.8 Å². The second kappa shape index (κ2) is 12.2. The van der Waals surface area contributed by atoms with E-state index in [0.29, 0.717) is 32.2 Å². The molecule has 5 N–H and O–H groups in total. The number of alkyl halides is 2. The van der Waals surface area contributed by atoms with Crippen LogP contribution in [0.1, 0.15) is 33.1 Å². The molecule has 0 aromatic carbocycles. The lowest BCUT2D eigenvalue weighted by molar-refractivity contribution is -0.133. The standard InChI is InChI=1S/C25H43Cl2N7O3S/c1-5-17-21(27)22(32-33(17)3)24(36)34-10-16-19(11-34)38-25(30-16)31-23(35)15-8-28-12(2)6-13(15)14-7-20(26)29-9-18(14)37-4/h12-22,25,28-30,32H,5-11H2,1-4H3,(H,31,35). The van der Waals surface area contributed by atoms with Gasteiger partial charge in [-0.25, -0.2) is 10.4 Å². The number of ether oxygens (including phenoxy) is 1. The number of rotatable bonds is 6.